The number of hydrogen-bond donors (Lipinski definition) is 0. The molecule has 0 heterocycles. The summed E-state index contributed by atoms with van der Waals surface area (Å²) >= 11 is 0. The Kier molecular flexibility index (Phi) is 9.11. The zero-order chi connectivity index (χ0) is 31.3. The highest BCUT2D eigenvalue weighted by Crippen LogP contribution is 2.50. The van der Waals surface area contributed by atoms with Gasteiger partial charge in [0, 0.05) is 22.5 Å². The molecule has 46 heavy (non-hydrogen) atoms. The average molecular weight is 604 g/mol. The molecule has 1 saturated carbocycles. The first-order chi connectivity index (χ1) is 22.6. The van der Waals surface area contributed by atoms with Crippen LogP contribution in [0.4, 0.5) is 17.1 Å². The third-order valence-electron chi connectivity index (χ3n) is 10.8. The normalized spacial score (nSPS) is 16.9. The fraction of sp³-hybridized carbons (Fsp3) is 0.333. The lowest BCUT2D eigenvalue weighted by Crippen LogP contribution is -2.16. The number of anilines is 3. The number of hydrogen-bond acceptors (Lipinski definition) is 1. The SMILES string of the molecule is CC1(C)c2ccccc2-c2ccc(N(c3ccc(-c4ccccc4)cc3)c3ccc(C4CCCCCCCCCCC4)cc3)cc21. The minimum Gasteiger partial charge on any atom is -0.310 e. The molecule has 7 rings (SSSR count). The van der Waals surface area contributed by atoms with Crippen molar-refractivity contribution in [2.45, 2.75) is 95.8 Å². The molecule has 5 aromatic rings. The van der Waals surface area contributed by atoms with Crippen molar-refractivity contribution in [1.82, 2.24) is 0 Å². The van der Waals surface area contributed by atoms with Gasteiger partial charge in [-0.2, -0.15) is 0 Å². The van der Waals surface area contributed by atoms with Crippen molar-refractivity contribution < 1.29 is 0 Å². The van der Waals surface area contributed by atoms with Crippen LogP contribution in [-0.4, -0.2) is 0 Å². The summed E-state index contributed by atoms with van der Waals surface area (Å²) in [6.07, 6.45) is 15.2. The van der Waals surface area contributed by atoms with E-state index in [0.717, 1.165) is 0 Å². The molecule has 0 spiro atoms. The van der Waals surface area contributed by atoms with Gasteiger partial charge in [-0.3, -0.25) is 0 Å². The summed E-state index contributed by atoms with van der Waals surface area (Å²) in [7, 11) is 0. The van der Waals surface area contributed by atoms with Crippen LogP contribution in [0.5, 0.6) is 0 Å². The molecule has 5 aromatic carbocycles. The highest BCUT2D eigenvalue weighted by molar-refractivity contribution is 5.85. The van der Waals surface area contributed by atoms with E-state index >= 15 is 0 Å². The molecule has 0 radical (unpaired) electrons. The molecule has 1 fully saturated rings. The summed E-state index contributed by atoms with van der Waals surface area (Å²) in [5.41, 5.74) is 13.1. The van der Waals surface area contributed by atoms with Crippen molar-refractivity contribution in [2.24, 2.45) is 0 Å². The molecule has 0 bridgehead atoms. The maximum Gasteiger partial charge on any atom is 0.0465 e. The average Bonchev–Trinajstić information content (AvgIpc) is 3.32. The smallest absolute Gasteiger partial charge is 0.0465 e. The largest absolute Gasteiger partial charge is 0.310 e. The highest BCUT2D eigenvalue weighted by atomic mass is 15.1. The standard InChI is InChI=1S/C45H49N/c1-45(2)43-22-16-15-21-41(43)42-32-31-40(33-44(42)45)46(39-29-25-37(26-30-39)35-19-13-10-14-20-35)38-27-23-36(24-28-38)34-17-11-8-6-4-3-5-7-9-12-18-34/h10,13-16,19-34H,3-9,11-12,17-18H2,1-2H3. The minimum absolute atomic E-state index is 0.0394. The molecule has 234 valence electrons. The van der Waals surface area contributed by atoms with Crippen molar-refractivity contribution in [3.63, 3.8) is 0 Å². The first-order valence-electron chi connectivity index (χ1n) is 17.9. The lowest BCUT2D eigenvalue weighted by Gasteiger charge is -2.29. The second-order valence-electron chi connectivity index (χ2n) is 14.2. The number of benzene rings is 5. The molecule has 0 aliphatic heterocycles. The van der Waals surface area contributed by atoms with Crippen LogP contribution in [0.3, 0.4) is 0 Å². The van der Waals surface area contributed by atoms with E-state index in [-0.39, 0.29) is 5.41 Å². The van der Waals surface area contributed by atoms with Crippen LogP contribution in [0.1, 0.15) is 107 Å². The molecule has 0 aromatic heterocycles. The summed E-state index contributed by atoms with van der Waals surface area (Å²) in [6.45, 7) is 4.75. The van der Waals surface area contributed by atoms with Crippen LogP contribution in [0.25, 0.3) is 22.3 Å². The van der Waals surface area contributed by atoms with E-state index in [9.17, 15) is 0 Å². The predicted octanol–water partition coefficient (Wildman–Crippen LogP) is 13.5. The molecule has 0 saturated heterocycles. The molecular formula is C45H49N. The summed E-state index contributed by atoms with van der Waals surface area (Å²) in [6, 6.07) is 45.5. The quantitative estimate of drug-likeness (QED) is 0.193. The van der Waals surface area contributed by atoms with E-state index < -0.39 is 0 Å². The zero-order valence-electron chi connectivity index (χ0n) is 27.8. The van der Waals surface area contributed by atoms with E-state index in [1.54, 1.807) is 0 Å². The summed E-state index contributed by atoms with van der Waals surface area (Å²) in [5.74, 6) is 0.673. The van der Waals surface area contributed by atoms with Gasteiger partial charge in [-0.05, 0) is 94.1 Å². The Morgan fingerprint density at radius 3 is 1.61 bits per heavy atom. The van der Waals surface area contributed by atoms with Crippen LogP contribution in [0.2, 0.25) is 0 Å². The van der Waals surface area contributed by atoms with Crippen molar-refractivity contribution in [3.05, 3.63) is 138 Å². The third kappa shape index (κ3) is 6.30. The molecular weight excluding hydrogens is 555 g/mol. The molecule has 1 nitrogen and oxygen atoms in total. The van der Waals surface area contributed by atoms with Crippen LogP contribution < -0.4 is 4.90 Å². The topological polar surface area (TPSA) is 3.24 Å². The van der Waals surface area contributed by atoms with E-state index in [1.807, 2.05) is 0 Å². The molecule has 0 amide bonds. The van der Waals surface area contributed by atoms with Gasteiger partial charge in [-0.15, -0.1) is 0 Å². The summed E-state index contributed by atoms with van der Waals surface area (Å²) in [5, 5.41) is 0. The Hall–Kier alpha value is -4.10. The number of rotatable bonds is 5. The molecule has 0 atom stereocenters. The van der Waals surface area contributed by atoms with Crippen LogP contribution in [-0.2, 0) is 5.41 Å². The van der Waals surface area contributed by atoms with Gasteiger partial charge in [0.05, 0.1) is 0 Å². The first kappa shape index (κ1) is 30.5. The second-order valence-corrected chi connectivity index (χ2v) is 14.2. The van der Waals surface area contributed by atoms with Gasteiger partial charge < -0.3 is 4.90 Å². The molecule has 0 unspecified atom stereocenters. The fourth-order valence-corrected chi connectivity index (χ4v) is 8.10. The molecule has 1 heteroatoms. The third-order valence-corrected chi connectivity index (χ3v) is 10.8. The van der Waals surface area contributed by atoms with Gasteiger partial charge in [0.2, 0.25) is 0 Å². The minimum atomic E-state index is -0.0394. The van der Waals surface area contributed by atoms with Gasteiger partial charge in [0.1, 0.15) is 0 Å². The fourth-order valence-electron chi connectivity index (χ4n) is 8.10. The molecule has 2 aliphatic carbocycles. The van der Waals surface area contributed by atoms with Crippen molar-refractivity contribution in [1.29, 1.82) is 0 Å². The van der Waals surface area contributed by atoms with Gasteiger partial charge in [0.25, 0.3) is 0 Å². The Morgan fingerprint density at radius 2 is 0.957 bits per heavy atom. The number of fused-ring (bicyclic) bond motifs is 3. The second kappa shape index (κ2) is 13.7. The van der Waals surface area contributed by atoms with Gasteiger partial charge in [-0.1, -0.05) is 157 Å². The number of nitrogens with zero attached hydrogens (tertiary/aromatic N) is 1. The Labute approximate surface area is 277 Å². The van der Waals surface area contributed by atoms with E-state index in [4.69, 9.17) is 0 Å². The summed E-state index contributed by atoms with van der Waals surface area (Å²) in [4.78, 5) is 2.46. The van der Waals surface area contributed by atoms with Crippen LogP contribution in [0, 0.1) is 0 Å². The highest BCUT2D eigenvalue weighted by Gasteiger charge is 2.35. The van der Waals surface area contributed by atoms with Gasteiger partial charge >= 0.3 is 0 Å². The van der Waals surface area contributed by atoms with E-state index in [0.29, 0.717) is 5.92 Å². The monoisotopic (exact) mass is 603 g/mol. The van der Waals surface area contributed by atoms with Crippen molar-refractivity contribution in [2.75, 3.05) is 4.90 Å². The van der Waals surface area contributed by atoms with Crippen LogP contribution >= 0.6 is 0 Å². The lowest BCUT2D eigenvalue weighted by atomic mass is 9.82. The Balaban J connectivity index is 1.24. The first-order valence-corrected chi connectivity index (χ1v) is 17.9. The van der Waals surface area contributed by atoms with Crippen molar-refractivity contribution in [3.8, 4) is 22.3 Å². The zero-order valence-corrected chi connectivity index (χ0v) is 27.8. The van der Waals surface area contributed by atoms with Crippen LogP contribution in [0.15, 0.2) is 121 Å². The molecule has 0 N–H and O–H groups in total. The van der Waals surface area contributed by atoms with E-state index in [1.165, 1.54) is 127 Å². The maximum atomic E-state index is 2.46. The lowest BCUT2D eigenvalue weighted by molar-refractivity contribution is 0.467. The van der Waals surface area contributed by atoms with Crippen molar-refractivity contribution >= 4 is 17.1 Å². The molecule has 2 aliphatic rings. The Morgan fingerprint density at radius 1 is 0.457 bits per heavy atom. The Bertz CT molecular complexity index is 1720. The summed E-state index contributed by atoms with van der Waals surface area (Å²) < 4.78 is 0. The maximum absolute atomic E-state index is 2.46. The predicted molar refractivity (Wildman–Crippen MR) is 198 cm³/mol. The van der Waals surface area contributed by atoms with E-state index in [2.05, 4.69) is 140 Å². The van der Waals surface area contributed by atoms with Gasteiger partial charge in [0.15, 0.2) is 0 Å². The van der Waals surface area contributed by atoms with Gasteiger partial charge in [-0.25, -0.2) is 0 Å².